The van der Waals surface area contributed by atoms with Crippen molar-refractivity contribution >= 4 is 44.3 Å². The van der Waals surface area contributed by atoms with E-state index >= 15 is 0 Å². The number of hydrogen-bond acceptors (Lipinski definition) is 5. The molecule has 26 heavy (non-hydrogen) atoms. The Morgan fingerprint density at radius 1 is 1.27 bits per heavy atom. The number of amides is 1. The fourth-order valence-corrected chi connectivity index (χ4v) is 2.97. The van der Waals surface area contributed by atoms with Crippen LogP contribution in [0.5, 0.6) is 0 Å². The van der Waals surface area contributed by atoms with Gasteiger partial charge in [-0.2, -0.15) is 9.61 Å². The number of nitrogens with one attached hydrogen (secondary N) is 1. The first-order valence-electron chi connectivity index (χ1n) is 7.47. The first kappa shape index (κ1) is 16.3. The van der Waals surface area contributed by atoms with E-state index in [1.54, 1.807) is 24.4 Å². The summed E-state index contributed by atoms with van der Waals surface area (Å²) in [7, 11) is 0. The van der Waals surface area contributed by atoms with Crippen molar-refractivity contribution in [2.24, 2.45) is 0 Å². The number of hydrogen-bond donors (Lipinski definition) is 1. The summed E-state index contributed by atoms with van der Waals surface area (Å²) in [5.74, 6) is -0.793. The van der Waals surface area contributed by atoms with Crippen LogP contribution in [0.1, 0.15) is 0 Å². The van der Waals surface area contributed by atoms with Crippen molar-refractivity contribution in [3.63, 3.8) is 0 Å². The molecule has 0 fully saturated rings. The van der Waals surface area contributed by atoms with E-state index in [9.17, 15) is 14.0 Å². The number of rotatable bonds is 3. The Kier molecular flexibility index (Phi) is 3.96. The highest BCUT2D eigenvalue weighted by molar-refractivity contribution is 9.10. The third-order valence-corrected chi connectivity index (χ3v) is 4.08. The van der Waals surface area contributed by atoms with Crippen molar-refractivity contribution in [1.29, 1.82) is 0 Å². The van der Waals surface area contributed by atoms with Gasteiger partial charge in [0.15, 0.2) is 5.65 Å². The van der Waals surface area contributed by atoms with E-state index in [0.29, 0.717) is 21.3 Å². The molecule has 0 spiro atoms. The number of halogens is 2. The molecule has 0 aromatic carbocycles. The van der Waals surface area contributed by atoms with E-state index in [-0.39, 0.29) is 17.9 Å². The van der Waals surface area contributed by atoms with Gasteiger partial charge in [-0.05, 0) is 40.2 Å². The van der Waals surface area contributed by atoms with Gasteiger partial charge in [0, 0.05) is 12.3 Å². The molecule has 4 rings (SSSR count). The van der Waals surface area contributed by atoms with Crippen molar-refractivity contribution in [3.8, 4) is 0 Å². The van der Waals surface area contributed by atoms with E-state index in [4.69, 9.17) is 0 Å². The number of aromatic nitrogens is 5. The van der Waals surface area contributed by atoms with Gasteiger partial charge in [-0.15, -0.1) is 0 Å². The van der Waals surface area contributed by atoms with Crippen molar-refractivity contribution in [1.82, 2.24) is 24.1 Å². The molecule has 0 radical (unpaired) electrons. The van der Waals surface area contributed by atoms with Gasteiger partial charge < -0.3 is 5.32 Å². The second-order valence-electron chi connectivity index (χ2n) is 5.41. The molecule has 0 aliphatic heterocycles. The van der Waals surface area contributed by atoms with Crippen molar-refractivity contribution in [3.05, 3.63) is 63.5 Å². The lowest BCUT2D eigenvalue weighted by Crippen LogP contribution is -2.29. The Morgan fingerprint density at radius 2 is 2.12 bits per heavy atom. The zero-order valence-corrected chi connectivity index (χ0v) is 14.6. The van der Waals surface area contributed by atoms with Crippen LogP contribution in [-0.2, 0) is 11.3 Å². The van der Waals surface area contributed by atoms with Gasteiger partial charge in [0.05, 0.1) is 11.6 Å². The summed E-state index contributed by atoms with van der Waals surface area (Å²) in [5.41, 5.74) is 0.445. The predicted octanol–water partition coefficient (Wildman–Crippen LogP) is 1.98. The molecule has 0 saturated heterocycles. The minimum atomic E-state index is -0.507. The molecule has 8 nitrogen and oxygen atoms in total. The highest BCUT2D eigenvalue weighted by Gasteiger charge is 2.16. The van der Waals surface area contributed by atoms with E-state index in [1.807, 2.05) is 0 Å². The monoisotopic (exact) mass is 416 g/mol. The van der Waals surface area contributed by atoms with Gasteiger partial charge in [0.1, 0.15) is 28.4 Å². The maximum atomic E-state index is 12.9. The third kappa shape index (κ3) is 2.84. The standard InChI is InChI=1S/C16H10BrFN6O2/c17-11-6-14-23(8-13(25)21-12-4-3-9(18)7-20-12)16(26)10-2-1-5-19-15(10)24(14)22-11/h1-7H,8H2,(H,20,21,25). The van der Waals surface area contributed by atoms with Crippen LogP contribution >= 0.6 is 15.9 Å². The fraction of sp³-hybridized carbons (Fsp3) is 0.0625. The summed E-state index contributed by atoms with van der Waals surface area (Å²) < 4.78 is 16.2. The summed E-state index contributed by atoms with van der Waals surface area (Å²) in [6.07, 6.45) is 2.56. The van der Waals surface area contributed by atoms with E-state index in [2.05, 4.69) is 36.3 Å². The Bertz CT molecular complexity index is 1200. The lowest BCUT2D eigenvalue weighted by molar-refractivity contribution is -0.116. The lowest BCUT2D eigenvalue weighted by Gasteiger charge is -2.10. The maximum absolute atomic E-state index is 12.9. The van der Waals surface area contributed by atoms with Crippen LogP contribution < -0.4 is 10.9 Å². The third-order valence-electron chi connectivity index (χ3n) is 3.70. The molecule has 10 heteroatoms. The van der Waals surface area contributed by atoms with E-state index in [1.165, 1.54) is 21.2 Å². The summed E-state index contributed by atoms with van der Waals surface area (Å²) in [4.78, 5) is 33.1. The fourth-order valence-electron chi connectivity index (χ4n) is 2.60. The second-order valence-corrected chi connectivity index (χ2v) is 6.23. The molecule has 0 saturated carbocycles. The normalized spacial score (nSPS) is 11.2. The SMILES string of the molecule is O=C(Cn1c(=O)c2cccnc2n2nc(Br)cc12)Nc1ccc(F)cn1. The van der Waals surface area contributed by atoms with Crippen LogP contribution in [0.2, 0.25) is 0 Å². The molecule has 4 heterocycles. The zero-order valence-electron chi connectivity index (χ0n) is 13.1. The summed E-state index contributed by atoms with van der Waals surface area (Å²) in [6.45, 7) is -0.260. The van der Waals surface area contributed by atoms with Gasteiger partial charge >= 0.3 is 0 Å². The molecule has 0 bridgehead atoms. The number of anilines is 1. The average molecular weight is 417 g/mol. The number of nitrogens with zero attached hydrogens (tertiary/aromatic N) is 5. The minimum absolute atomic E-state index is 0.192. The summed E-state index contributed by atoms with van der Waals surface area (Å²) >= 11 is 3.27. The minimum Gasteiger partial charge on any atom is -0.309 e. The molecule has 0 atom stereocenters. The largest absolute Gasteiger partial charge is 0.309 e. The molecule has 130 valence electrons. The number of carbonyl (C=O) groups is 1. The van der Waals surface area contributed by atoms with E-state index in [0.717, 1.165) is 6.20 Å². The second kappa shape index (κ2) is 6.30. The Hall–Kier alpha value is -3.14. The van der Waals surface area contributed by atoms with Crippen molar-refractivity contribution in [2.75, 3.05) is 5.32 Å². The highest BCUT2D eigenvalue weighted by Crippen LogP contribution is 2.16. The van der Waals surface area contributed by atoms with Gasteiger partial charge in [0.2, 0.25) is 5.91 Å². The van der Waals surface area contributed by atoms with Gasteiger partial charge in [-0.1, -0.05) is 0 Å². The van der Waals surface area contributed by atoms with Crippen LogP contribution in [0.3, 0.4) is 0 Å². The van der Waals surface area contributed by atoms with Crippen LogP contribution in [0, 0.1) is 5.82 Å². The molecular weight excluding hydrogens is 407 g/mol. The van der Waals surface area contributed by atoms with Crippen LogP contribution in [0.15, 0.2) is 52.1 Å². The first-order chi connectivity index (χ1) is 12.5. The first-order valence-corrected chi connectivity index (χ1v) is 8.26. The number of fused-ring (bicyclic) bond motifs is 3. The molecule has 1 N–H and O–H groups in total. The maximum Gasteiger partial charge on any atom is 0.263 e. The topological polar surface area (TPSA) is 94.2 Å². The van der Waals surface area contributed by atoms with Crippen molar-refractivity contribution < 1.29 is 9.18 Å². The van der Waals surface area contributed by atoms with Crippen LogP contribution in [-0.4, -0.2) is 30.1 Å². The van der Waals surface area contributed by atoms with Gasteiger partial charge in [-0.25, -0.2) is 14.4 Å². The molecule has 0 aliphatic rings. The molecule has 4 aromatic rings. The van der Waals surface area contributed by atoms with Gasteiger partial charge in [0.25, 0.3) is 5.56 Å². The van der Waals surface area contributed by atoms with Crippen LogP contribution in [0.4, 0.5) is 10.2 Å². The number of pyridine rings is 2. The van der Waals surface area contributed by atoms with Crippen molar-refractivity contribution in [2.45, 2.75) is 6.54 Å². The average Bonchev–Trinajstić information content (AvgIpc) is 3.02. The summed E-state index contributed by atoms with van der Waals surface area (Å²) in [6, 6.07) is 7.41. The van der Waals surface area contributed by atoms with Crippen LogP contribution in [0.25, 0.3) is 16.7 Å². The molecule has 0 aliphatic carbocycles. The number of carbonyl (C=O) groups excluding carboxylic acids is 1. The van der Waals surface area contributed by atoms with E-state index < -0.39 is 11.7 Å². The molecule has 4 aromatic heterocycles. The van der Waals surface area contributed by atoms with Gasteiger partial charge in [-0.3, -0.25) is 14.2 Å². The smallest absolute Gasteiger partial charge is 0.263 e. The molecule has 1 amide bonds. The summed E-state index contributed by atoms with van der Waals surface area (Å²) in [5, 5.41) is 7.14. The Labute approximate surface area is 153 Å². The zero-order chi connectivity index (χ0) is 18.3. The molecule has 0 unspecified atom stereocenters. The quantitative estimate of drug-likeness (QED) is 0.550. The Morgan fingerprint density at radius 3 is 2.88 bits per heavy atom. The highest BCUT2D eigenvalue weighted by atomic mass is 79.9. The Balaban J connectivity index is 1.77. The predicted molar refractivity (Wildman–Crippen MR) is 95.3 cm³/mol. The molecular formula is C16H10BrFN6O2. The lowest BCUT2D eigenvalue weighted by atomic mass is 10.3.